The smallest absolute Gasteiger partial charge is 0.298 e. The van der Waals surface area contributed by atoms with Crippen LogP contribution in [0.15, 0.2) is 4.99 Å². The van der Waals surface area contributed by atoms with E-state index in [1.807, 2.05) is 6.92 Å². The van der Waals surface area contributed by atoms with Crippen LogP contribution in [-0.2, 0) is 4.74 Å². The Labute approximate surface area is 79.3 Å². The molecule has 0 amide bonds. The highest BCUT2D eigenvalue weighted by atomic mass is 32.1. The number of thiol groups is 1. The van der Waals surface area contributed by atoms with Gasteiger partial charge in [0, 0.05) is 5.54 Å². The third-order valence-electron chi connectivity index (χ3n) is 1.60. The molecule has 0 aromatic heterocycles. The van der Waals surface area contributed by atoms with Crippen LogP contribution in [0.5, 0.6) is 0 Å². The van der Waals surface area contributed by atoms with Crippen molar-refractivity contribution in [2.45, 2.75) is 39.3 Å². The van der Waals surface area contributed by atoms with Gasteiger partial charge in [-0.25, -0.2) is 4.99 Å². The molecule has 0 N–H and O–H groups in total. The van der Waals surface area contributed by atoms with E-state index >= 15 is 0 Å². The number of hydrogen-bond acceptors (Lipinski definition) is 4. The summed E-state index contributed by atoms with van der Waals surface area (Å²) >= 11 is 4.32. The fraction of sp³-hybridized carbons (Fsp3) is 0.875. The molecule has 0 bridgehead atoms. The van der Waals surface area contributed by atoms with Crippen LogP contribution in [0.3, 0.4) is 0 Å². The molecule has 3 nitrogen and oxygen atoms in total. The second kappa shape index (κ2) is 3.17. The van der Waals surface area contributed by atoms with Crippen molar-refractivity contribution in [3.63, 3.8) is 0 Å². The molecule has 0 aromatic carbocycles. The van der Waals surface area contributed by atoms with Gasteiger partial charge in [0.25, 0.3) is 6.02 Å². The maximum absolute atomic E-state index is 5.35. The summed E-state index contributed by atoms with van der Waals surface area (Å²) in [6.45, 7) is 8.89. The largest absolute Gasteiger partial charge is 0.462 e. The summed E-state index contributed by atoms with van der Waals surface area (Å²) in [4.78, 5) is 4.30. The van der Waals surface area contributed by atoms with Gasteiger partial charge in [0.05, 0.1) is 6.04 Å². The van der Waals surface area contributed by atoms with Gasteiger partial charge >= 0.3 is 0 Å². The van der Waals surface area contributed by atoms with Crippen molar-refractivity contribution >= 4 is 18.8 Å². The summed E-state index contributed by atoms with van der Waals surface area (Å²) in [5.74, 6) is 0. The molecule has 1 unspecified atom stereocenters. The lowest BCUT2D eigenvalue weighted by Crippen LogP contribution is -2.38. The maximum atomic E-state index is 5.35. The van der Waals surface area contributed by atoms with Crippen LogP contribution >= 0.6 is 12.8 Å². The first-order valence-corrected chi connectivity index (χ1v) is 4.51. The second-order valence-electron chi connectivity index (χ2n) is 4.05. The van der Waals surface area contributed by atoms with E-state index < -0.39 is 0 Å². The molecule has 1 atom stereocenters. The molecule has 0 aliphatic carbocycles. The van der Waals surface area contributed by atoms with Crippen LogP contribution in [0.25, 0.3) is 0 Å². The topological polar surface area (TPSA) is 24.8 Å². The van der Waals surface area contributed by atoms with Crippen LogP contribution < -0.4 is 0 Å². The molecule has 4 heteroatoms. The lowest BCUT2D eigenvalue weighted by Gasteiger charge is -2.30. The Morgan fingerprint density at radius 2 is 2.17 bits per heavy atom. The molecule has 0 radical (unpaired) electrons. The van der Waals surface area contributed by atoms with Gasteiger partial charge in [-0.3, -0.25) is 4.31 Å². The van der Waals surface area contributed by atoms with Crippen molar-refractivity contribution in [2.24, 2.45) is 4.99 Å². The summed E-state index contributed by atoms with van der Waals surface area (Å²) < 4.78 is 7.11. The monoisotopic (exact) mass is 188 g/mol. The Morgan fingerprint density at radius 3 is 2.50 bits per heavy atom. The molecule has 12 heavy (non-hydrogen) atoms. The van der Waals surface area contributed by atoms with E-state index in [0.29, 0.717) is 12.6 Å². The molecule has 70 valence electrons. The fourth-order valence-corrected chi connectivity index (χ4v) is 0.970. The fourth-order valence-electron chi connectivity index (χ4n) is 0.861. The Bertz CT molecular complexity index is 198. The highest BCUT2D eigenvalue weighted by Gasteiger charge is 2.27. The number of aliphatic imine (C=N–C) groups is 1. The van der Waals surface area contributed by atoms with Crippen molar-refractivity contribution < 1.29 is 4.74 Å². The molecule has 1 aliphatic rings. The minimum absolute atomic E-state index is 0.0496. The average molecular weight is 188 g/mol. The molecular formula is C8H16N2OS. The summed E-state index contributed by atoms with van der Waals surface area (Å²) in [5, 5.41) is 0. The lowest BCUT2D eigenvalue weighted by molar-refractivity contribution is 0.255. The molecule has 0 saturated carbocycles. The first-order valence-electron chi connectivity index (χ1n) is 4.11. The minimum atomic E-state index is -0.0496. The van der Waals surface area contributed by atoms with Crippen molar-refractivity contribution in [3.05, 3.63) is 0 Å². The quantitative estimate of drug-likeness (QED) is 0.585. The lowest BCUT2D eigenvalue weighted by atomic mass is 10.1. The van der Waals surface area contributed by atoms with Gasteiger partial charge in [-0.05, 0) is 27.7 Å². The van der Waals surface area contributed by atoms with E-state index in [9.17, 15) is 0 Å². The molecule has 0 fully saturated rings. The van der Waals surface area contributed by atoms with E-state index in [1.54, 1.807) is 4.31 Å². The Hall–Kier alpha value is -0.380. The molecule has 0 aromatic rings. The number of nitrogens with zero attached hydrogens (tertiary/aromatic N) is 2. The summed E-state index contributed by atoms with van der Waals surface area (Å²) in [7, 11) is 0. The SMILES string of the molecule is CC1COC(N(S)C(C)(C)C)=N1. The Morgan fingerprint density at radius 1 is 1.58 bits per heavy atom. The summed E-state index contributed by atoms with van der Waals surface area (Å²) in [6.07, 6.45) is 0. The molecule has 1 heterocycles. The van der Waals surface area contributed by atoms with E-state index in [-0.39, 0.29) is 11.6 Å². The summed E-state index contributed by atoms with van der Waals surface area (Å²) in [6, 6.07) is 0.898. The van der Waals surface area contributed by atoms with Crippen LogP contribution in [-0.4, -0.2) is 28.5 Å². The van der Waals surface area contributed by atoms with Crippen molar-refractivity contribution in [2.75, 3.05) is 6.61 Å². The van der Waals surface area contributed by atoms with Crippen LogP contribution in [0.4, 0.5) is 0 Å². The van der Waals surface area contributed by atoms with Crippen molar-refractivity contribution in [3.8, 4) is 0 Å². The molecule has 0 saturated heterocycles. The number of amidine groups is 1. The van der Waals surface area contributed by atoms with Gasteiger partial charge < -0.3 is 4.74 Å². The third-order valence-corrected chi connectivity index (χ3v) is 2.37. The Balaban J connectivity index is 2.65. The number of rotatable bonds is 0. The van der Waals surface area contributed by atoms with Gasteiger partial charge in [-0.1, -0.05) is 12.8 Å². The average Bonchev–Trinajstić information content (AvgIpc) is 2.32. The van der Waals surface area contributed by atoms with E-state index in [4.69, 9.17) is 4.74 Å². The highest BCUT2D eigenvalue weighted by molar-refractivity contribution is 7.78. The number of hydrogen-bond donors (Lipinski definition) is 1. The zero-order valence-corrected chi connectivity index (χ0v) is 8.93. The standard InChI is InChI=1S/C8H16N2OS/c1-6-5-11-7(9-6)10(12)8(2,3)4/h6,12H,5H2,1-4H3. The molecule has 1 rings (SSSR count). The van der Waals surface area contributed by atoms with Crippen molar-refractivity contribution in [1.82, 2.24) is 4.31 Å². The highest BCUT2D eigenvalue weighted by Crippen LogP contribution is 2.19. The zero-order valence-electron chi connectivity index (χ0n) is 8.03. The predicted octanol–water partition coefficient (Wildman–Crippen LogP) is 1.71. The van der Waals surface area contributed by atoms with Gasteiger partial charge in [0.2, 0.25) is 0 Å². The van der Waals surface area contributed by atoms with Crippen molar-refractivity contribution in [1.29, 1.82) is 0 Å². The summed E-state index contributed by atoms with van der Waals surface area (Å²) in [5.41, 5.74) is -0.0496. The maximum Gasteiger partial charge on any atom is 0.298 e. The molecule has 0 spiro atoms. The molecular weight excluding hydrogens is 172 g/mol. The first-order chi connectivity index (χ1) is 5.41. The van der Waals surface area contributed by atoms with E-state index in [2.05, 4.69) is 38.6 Å². The van der Waals surface area contributed by atoms with Crippen LogP contribution in [0, 0.1) is 0 Å². The van der Waals surface area contributed by atoms with Gasteiger partial charge in [-0.15, -0.1) is 0 Å². The van der Waals surface area contributed by atoms with E-state index in [1.165, 1.54) is 0 Å². The molecule has 1 aliphatic heterocycles. The Kier molecular flexibility index (Phi) is 2.56. The minimum Gasteiger partial charge on any atom is -0.462 e. The van der Waals surface area contributed by atoms with Gasteiger partial charge in [-0.2, -0.15) is 0 Å². The first kappa shape index (κ1) is 9.71. The van der Waals surface area contributed by atoms with Crippen LogP contribution in [0.2, 0.25) is 0 Å². The second-order valence-corrected chi connectivity index (χ2v) is 4.45. The van der Waals surface area contributed by atoms with Gasteiger partial charge in [0.1, 0.15) is 6.61 Å². The van der Waals surface area contributed by atoms with Crippen LogP contribution in [0.1, 0.15) is 27.7 Å². The van der Waals surface area contributed by atoms with Gasteiger partial charge in [0.15, 0.2) is 0 Å². The normalized spacial score (nSPS) is 23.4. The number of ether oxygens (including phenoxy) is 1. The zero-order chi connectivity index (χ0) is 9.35. The van der Waals surface area contributed by atoms with E-state index in [0.717, 1.165) is 0 Å². The predicted molar refractivity (Wildman–Crippen MR) is 53.4 cm³/mol. The third kappa shape index (κ3) is 2.06.